The molecule has 122 valence electrons. The number of primary amides is 1. The first-order valence-electron chi connectivity index (χ1n) is 8.45. The molecule has 1 aliphatic heterocycles. The number of carbonyl (C=O) groups excluding carboxylic acids is 1. The van der Waals surface area contributed by atoms with Crippen molar-refractivity contribution >= 4 is 5.91 Å². The van der Waals surface area contributed by atoms with Crippen LogP contribution in [0.15, 0.2) is 0 Å². The summed E-state index contributed by atoms with van der Waals surface area (Å²) in [6.45, 7) is 8.00. The molecule has 0 aromatic rings. The van der Waals surface area contributed by atoms with Gasteiger partial charge in [0.15, 0.2) is 0 Å². The Morgan fingerprint density at radius 2 is 2.19 bits per heavy atom. The summed E-state index contributed by atoms with van der Waals surface area (Å²) in [4.78, 5) is 14.2. The Morgan fingerprint density at radius 1 is 1.43 bits per heavy atom. The number of nitrogens with two attached hydrogens (primary N) is 1. The monoisotopic (exact) mass is 297 g/mol. The Hall–Kier alpha value is -0.650. The van der Waals surface area contributed by atoms with Gasteiger partial charge in [-0.2, -0.15) is 0 Å². The van der Waals surface area contributed by atoms with Crippen LogP contribution in [0.4, 0.5) is 0 Å². The van der Waals surface area contributed by atoms with Crippen LogP contribution in [-0.2, 0) is 9.53 Å². The second kappa shape index (κ2) is 7.56. The molecule has 2 fully saturated rings. The standard InChI is InChI=1S/C16H31N3O2/c1-3-21-14-6-4-10-19(12-14)11-5-9-16(2,15(17)20)18-13-7-8-13/h13-14,18H,3-12H2,1-2H3,(H2,17,20). The summed E-state index contributed by atoms with van der Waals surface area (Å²) in [5.74, 6) is -0.222. The zero-order chi connectivity index (χ0) is 15.3. The lowest BCUT2D eigenvalue weighted by Gasteiger charge is -2.34. The van der Waals surface area contributed by atoms with E-state index in [0.717, 1.165) is 39.1 Å². The zero-order valence-corrected chi connectivity index (χ0v) is 13.6. The molecule has 0 aromatic heterocycles. The third-order valence-corrected chi connectivity index (χ3v) is 4.66. The molecule has 3 N–H and O–H groups in total. The largest absolute Gasteiger partial charge is 0.377 e. The quantitative estimate of drug-likeness (QED) is 0.672. The Bertz CT molecular complexity index is 344. The summed E-state index contributed by atoms with van der Waals surface area (Å²) in [6.07, 6.45) is 6.92. The van der Waals surface area contributed by atoms with Crippen LogP contribution >= 0.6 is 0 Å². The Morgan fingerprint density at radius 3 is 2.81 bits per heavy atom. The van der Waals surface area contributed by atoms with E-state index in [0.29, 0.717) is 12.1 Å². The Labute approximate surface area is 128 Å². The molecule has 21 heavy (non-hydrogen) atoms. The predicted octanol–water partition coefficient (Wildman–Crippen LogP) is 1.26. The van der Waals surface area contributed by atoms with Gasteiger partial charge < -0.3 is 20.7 Å². The van der Waals surface area contributed by atoms with Gasteiger partial charge in [0.05, 0.1) is 11.6 Å². The molecular formula is C16H31N3O2. The first-order valence-corrected chi connectivity index (χ1v) is 8.45. The summed E-state index contributed by atoms with van der Waals surface area (Å²) in [7, 11) is 0. The fraction of sp³-hybridized carbons (Fsp3) is 0.938. The Balaban J connectivity index is 1.72. The van der Waals surface area contributed by atoms with Crippen LogP contribution in [0.3, 0.4) is 0 Å². The van der Waals surface area contributed by atoms with Gasteiger partial charge in [0.25, 0.3) is 0 Å². The maximum absolute atomic E-state index is 11.7. The van der Waals surface area contributed by atoms with E-state index >= 15 is 0 Å². The van der Waals surface area contributed by atoms with Crippen molar-refractivity contribution in [2.45, 2.75) is 70.1 Å². The number of piperidine rings is 1. The molecule has 2 atom stereocenters. The number of hydrogen-bond donors (Lipinski definition) is 2. The van der Waals surface area contributed by atoms with Crippen LogP contribution in [0.1, 0.15) is 52.4 Å². The van der Waals surface area contributed by atoms with Gasteiger partial charge in [-0.1, -0.05) is 0 Å². The molecule has 1 saturated heterocycles. The van der Waals surface area contributed by atoms with Crippen LogP contribution in [0.25, 0.3) is 0 Å². The summed E-state index contributed by atoms with van der Waals surface area (Å²) >= 11 is 0. The summed E-state index contributed by atoms with van der Waals surface area (Å²) in [5, 5.41) is 3.42. The number of nitrogens with zero attached hydrogens (tertiary/aromatic N) is 1. The van der Waals surface area contributed by atoms with Gasteiger partial charge in [0.2, 0.25) is 5.91 Å². The molecule has 2 unspecified atom stereocenters. The van der Waals surface area contributed by atoms with Gasteiger partial charge in [-0.15, -0.1) is 0 Å². The molecule has 5 nitrogen and oxygen atoms in total. The van der Waals surface area contributed by atoms with E-state index in [-0.39, 0.29) is 5.91 Å². The van der Waals surface area contributed by atoms with Crippen molar-refractivity contribution < 1.29 is 9.53 Å². The minimum Gasteiger partial charge on any atom is -0.377 e. The van der Waals surface area contributed by atoms with Crippen LogP contribution in [0, 0.1) is 0 Å². The van der Waals surface area contributed by atoms with E-state index in [2.05, 4.69) is 17.1 Å². The van der Waals surface area contributed by atoms with E-state index in [4.69, 9.17) is 10.5 Å². The van der Waals surface area contributed by atoms with E-state index < -0.39 is 5.54 Å². The SMILES string of the molecule is CCOC1CCCN(CCCC(C)(NC2CC2)C(N)=O)C1. The number of carbonyl (C=O) groups is 1. The lowest BCUT2D eigenvalue weighted by Crippen LogP contribution is -2.54. The first-order chi connectivity index (χ1) is 10.0. The summed E-state index contributed by atoms with van der Waals surface area (Å²) in [5.41, 5.74) is 5.05. The van der Waals surface area contributed by atoms with E-state index in [9.17, 15) is 4.79 Å². The van der Waals surface area contributed by atoms with Crippen LogP contribution in [0.2, 0.25) is 0 Å². The fourth-order valence-electron chi connectivity index (χ4n) is 3.19. The van der Waals surface area contributed by atoms with E-state index in [1.807, 2.05) is 6.92 Å². The highest BCUT2D eigenvalue weighted by Gasteiger charge is 2.36. The highest BCUT2D eigenvalue weighted by molar-refractivity contribution is 5.84. The summed E-state index contributed by atoms with van der Waals surface area (Å²) in [6, 6.07) is 0.500. The maximum atomic E-state index is 11.7. The molecule has 1 saturated carbocycles. The second-order valence-corrected chi connectivity index (χ2v) is 6.74. The predicted molar refractivity (Wildman–Crippen MR) is 84.1 cm³/mol. The average molecular weight is 297 g/mol. The van der Waals surface area contributed by atoms with Crippen LogP contribution in [-0.4, -0.2) is 54.7 Å². The van der Waals surface area contributed by atoms with E-state index in [1.165, 1.54) is 25.7 Å². The molecule has 1 heterocycles. The molecule has 1 aliphatic carbocycles. The zero-order valence-electron chi connectivity index (χ0n) is 13.6. The number of likely N-dealkylation sites (tertiary alicyclic amines) is 1. The van der Waals surface area contributed by atoms with Gasteiger partial charge in [-0.05, 0) is 65.5 Å². The molecule has 1 amide bonds. The van der Waals surface area contributed by atoms with Crippen molar-refractivity contribution in [3.05, 3.63) is 0 Å². The molecule has 0 spiro atoms. The topological polar surface area (TPSA) is 67.6 Å². The van der Waals surface area contributed by atoms with Gasteiger partial charge >= 0.3 is 0 Å². The molecule has 0 aromatic carbocycles. The normalized spacial score (nSPS) is 26.5. The highest BCUT2D eigenvalue weighted by Crippen LogP contribution is 2.25. The molecule has 0 bridgehead atoms. The number of hydrogen-bond acceptors (Lipinski definition) is 4. The third kappa shape index (κ3) is 5.24. The smallest absolute Gasteiger partial charge is 0.237 e. The molecule has 0 radical (unpaired) electrons. The minimum absolute atomic E-state index is 0.222. The second-order valence-electron chi connectivity index (χ2n) is 6.74. The Kier molecular flexibility index (Phi) is 6.02. The van der Waals surface area contributed by atoms with E-state index in [1.54, 1.807) is 0 Å². The van der Waals surface area contributed by atoms with Gasteiger partial charge in [0, 0.05) is 19.2 Å². The van der Waals surface area contributed by atoms with Crippen molar-refractivity contribution in [3.8, 4) is 0 Å². The van der Waals surface area contributed by atoms with Gasteiger partial charge in [-0.3, -0.25) is 4.79 Å². The van der Waals surface area contributed by atoms with Crippen molar-refractivity contribution in [2.75, 3.05) is 26.2 Å². The molecule has 2 rings (SSSR count). The highest BCUT2D eigenvalue weighted by atomic mass is 16.5. The number of nitrogens with one attached hydrogen (secondary N) is 1. The number of amides is 1. The molecule has 5 heteroatoms. The first kappa shape index (κ1) is 16.7. The van der Waals surface area contributed by atoms with Crippen molar-refractivity contribution in [2.24, 2.45) is 5.73 Å². The maximum Gasteiger partial charge on any atom is 0.237 e. The van der Waals surface area contributed by atoms with Crippen LogP contribution < -0.4 is 11.1 Å². The number of ether oxygens (including phenoxy) is 1. The van der Waals surface area contributed by atoms with Crippen molar-refractivity contribution in [1.29, 1.82) is 0 Å². The number of rotatable bonds is 9. The van der Waals surface area contributed by atoms with Gasteiger partial charge in [0.1, 0.15) is 0 Å². The van der Waals surface area contributed by atoms with Crippen molar-refractivity contribution in [1.82, 2.24) is 10.2 Å². The molecule has 2 aliphatic rings. The van der Waals surface area contributed by atoms with Gasteiger partial charge in [-0.25, -0.2) is 0 Å². The van der Waals surface area contributed by atoms with Crippen molar-refractivity contribution in [3.63, 3.8) is 0 Å². The minimum atomic E-state index is -0.545. The summed E-state index contributed by atoms with van der Waals surface area (Å²) < 4.78 is 5.73. The fourth-order valence-corrected chi connectivity index (χ4v) is 3.19. The average Bonchev–Trinajstić information content (AvgIpc) is 3.23. The lowest BCUT2D eigenvalue weighted by molar-refractivity contribution is -0.124. The van der Waals surface area contributed by atoms with Crippen LogP contribution in [0.5, 0.6) is 0 Å². The molecular weight excluding hydrogens is 266 g/mol. The third-order valence-electron chi connectivity index (χ3n) is 4.66. The lowest BCUT2D eigenvalue weighted by atomic mass is 9.94.